The Bertz CT molecular complexity index is 1020. The van der Waals surface area contributed by atoms with Gasteiger partial charge in [0.05, 0.1) is 0 Å². The highest BCUT2D eigenvalue weighted by Crippen LogP contribution is 2.59. The van der Waals surface area contributed by atoms with Gasteiger partial charge in [-0.3, -0.25) is 4.99 Å². The third kappa shape index (κ3) is 2.91. The van der Waals surface area contributed by atoms with Gasteiger partial charge in [-0.05, 0) is 50.2 Å². The van der Waals surface area contributed by atoms with E-state index in [-0.39, 0.29) is 5.92 Å². The van der Waals surface area contributed by atoms with Crippen LogP contribution < -0.4 is 0 Å². The maximum absolute atomic E-state index is 6.48. The van der Waals surface area contributed by atoms with E-state index in [1.807, 2.05) is 6.92 Å². The molecule has 4 saturated heterocycles. The molecule has 4 aliphatic heterocycles. The molecular formula is C25H32N2O4. The molecule has 7 unspecified atom stereocenters. The molecule has 1 spiro atoms. The van der Waals surface area contributed by atoms with Gasteiger partial charge in [0.1, 0.15) is 0 Å². The van der Waals surface area contributed by atoms with Crippen LogP contribution in [0.5, 0.6) is 0 Å². The Morgan fingerprint density at radius 1 is 1.10 bits per heavy atom. The van der Waals surface area contributed by atoms with E-state index in [2.05, 4.69) is 49.3 Å². The minimum Gasteiger partial charge on any atom is -0.448 e. The van der Waals surface area contributed by atoms with Crippen molar-refractivity contribution in [2.45, 2.75) is 70.6 Å². The zero-order valence-electron chi connectivity index (χ0n) is 18.6. The number of ether oxygens (including phenoxy) is 2. The van der Waals surface area contributed by atoms with Gasteiger partial charge in [-0.2, -0.15) is 0 Å². The molecule has 166 valence electrons. The predicted molar refractivity (Wildman–Crippen MR) is 117 cm³/mol. The number of aliphatic imine (C=N–C) groups is 1. The van der Waals surface area contributed by atoms with Crippen LogP contribution in [0.3, 0.4) is 0 Å². The minimum absolute atomic E-state index is 0.184. The Morgan fingerprint density at radius 3 is 2.87 bits per heavy atom. The van der Waals surface area contributed by atoms with Gasteiger partial charge in [0, 0.05) is 47.8 Å². The van der Waals surface area contributed by atoms with E-state index in [9.17, 15) is 0 Å². The Balaban J connectivity index is 1.27. The van der Waals surface area contributed by atoms with Crippen LogP contribution in [0.15, 0.2) is 35.5 Å². The van der Waals surface area contributed by atoms with Crippen LogP contribution in [-0.4, -0.2) is 35.1 Å². The number of rotatable bonds is 3. The molecule has 6 nitrogen and oxygen atoms in total. The van der Waals surface area contributed by atoms with Crippen molar-refractivity contribution in [1.82, 2.24) is 4.98 Å². The van der Waals surface area contributed by atoms with Gasteiger partial charge in [-0.15, -0.1) is 0 Å². The van der Waals surface area contributed by atoms with E-state index >= 15 is 0 Å². The number of H-pyrrole nitrogens is 1. The number of aromatic amines is 1. The summed E-state index contributed by atoms with van der Waals surface area (Å²) >= 11 is 0. The average Bonchev–Trinajstić information content (AvgIpc) is 3.04. The normalized spacial score (nSPS) is 42.9. The topological polar surface area (TPSA) is 65.1 Å². The summed E-state index contributed by atoms with van der Waals surface area (Å²) in [5, 5.41) is 1.27. The van der Waals surface area contributed by atoms with E-state index in [1.165, 1.54) is 22.9 Å². The molecule has 0 radical (unpaired) electrons. The molecule has 2 bridgehead atoms. The van der Waals surface area contributed by atoms with Gasteiger partial charge in [-0.25, -0.2) is 9.78 Å². The zero-order chi connectivity index (χ0) is 21.2. The van der Waals surface area contributed by atoms with E-state index in [0.29, 0.717) is 24.3 Å². The third-order valence-corrected chi connectivity index (χ3v) is 8.32. The summed E-state index contributed by atoms with van der Waals surface area (Å²) in [4.78, 5) is 20.4. The summed E-state index contributed by atoms with van der Waals surface area (Å²) < 4.78 is 12.9. The first-order valence-corrected chi connectivity index (χ1v) is 11.8. The molecule has 31 heavy (non-hydrogen) atoms. The lowest BCUT2D eigenvalue weighted by atomic mass is 9.58. The highest BCUT2D eigenvalue weighted by atomic mass is 17.3. The van der Waals surface area contributed by atoms with Crippen molar-refractivity contribution < 1.29 is 19.2 Å². The maximum atomic E-state index is 6.48. The fraction of sp³-hybridized carbons (Fsp3) is 0.640. The number of para-hydroxylation sites is 1. The number of hydrogen-bond donors (Lipinski definition) is 1. The second-order valence-electron chi connectivity index (χ2n) is 10.1. The molecule has 0 amide bonds. The van der Waals surface area contributed by atoms with Gasteiger partial charge in [0.25, 0.3) is 0 Å². The van der Waals surface area contributed by atoms with Crippen molar-refractivity contribution >= 4 is 16.8 Å². The smallest absolute Gasteiger partial charge is 0.237 e. The number of nitrogens with one attached hydrogen (secondary N) is 1. The number of fused-ring (bicyclic) bond motifs is 3. The van der Waals surface area contributed by atoms with E-state index < -0.39 is 17.7 Å². The summed E-state index contributed by atoms with van der Waals surface area (Å²) in [6.07, 6.45) is 6.69. The Labute approximate surface area is 183 Å². The second kappa shape index (κ2) is 7.06. The first-order chi connectivity index (χ1) is 15.0. The molecule has 1 aromatic heterocycles. The van der Waals surface area contributed by atoms with Gasteiger partial charge in [-0.1, -0.05) is 32.0 Å². The van der Waals surface area contributed by atoms with Crippen molar-refractivity contribution in [3.05, 3.63) is 36.0 Å². The van der Waals surface area contributed by atoms with Crippen LogP contribution in [0.4, 0.5) is 0 Å². The van der Waals surface area contributed by atoms with Gasteiger partial charge < -0.3 is 14.5 Å². The summed E-state index contributed by atoms with van der Waals surface area (Å²) in [7, 11) is 0. The standard InChI is InChI=1S/C25H32N2O4/c1-15-8-9-20-16(2)22(26-13-11-17-14-27-21-7-5-4-6-18(17)21)28-23-25(20)19(15)10-12-24(3,29-23)30-31-25/h4-7,14-16,19-20,23,27H,8-13H2,1-3H3/b26-22+. The van der Waals surface area contributed by atoms with Crippen molar-refractivity contribution in [3.63, 3.8) is 0 Å². The number of hydrogen-bond acceptors (Lipinski definition) is 5. The monoisotopic (exact) mass is 424 g/mol. The first-order valence-electron chi connectivity index (χ1n) is 11.8. The van der Waals surface area contributed by atoms with Crippen molar-refractivity contribution in [3.8, 4) is 0 Å². The summed E-state index contributed by atoms with van der Waals surface area (Å²) in [6, 6.07) is 8.41. The Hall–Kier alpha value is -1.89. The fourth-order valence-electron chi connectivity index (χ4n) is 6.58. The largest absolute Gasteiger partial charge is 0.448 e. The molecule has 1 saturated carbocycles. The molecule has 5 fully saturated rings. The van der Waals surface area contributed by atoms with Crippen molar-refractivity contribution in [2.24, 2.45) is 28.7 Å². The fourth-order valence-corrected chi connectivity index (χ4v) is 6.58. The summed E-state index contributed by atoms with van der Waals surface area (Å²) in [5.41, 5.74) is 1.94. The molecule has 2 aromatic rings. The van der Waals surface area contributed by atoms with Crippen LogP contribution in [0, 0.1) is 23.7 Å². The van der Waals surface area contributed by atoms with Gasteiger partial charge >= 0.3 is 0 Å². The van der Waals surface area contributed by atoms with E-state index in [1.54, 1.807) is 0 Å². The van der Waals surface area contributed by atoms with Crippen LogP contribution in [0.1, 0.15) is 52.0 Å². The molecule has 5 aliphatic rings. The average molecular weight is 425 g/mol. The minimum atomic E-state index is -0.743. The molecule has 1 aromatic carbocycles. The third-order valence-electron chi connectivity index (χ3n) is 8.32. The lowest BCUT2D eigenvalue weighted by Crippen LogP contribution is -2.69. The highest BCUT2D eigenvalue weighted by Gasteiger charge is 2.69. The first kappa shape index (κ1) is 19.8. The summed E-state index contributed by atoms with van der Waals surface area (Å²) in [6.45, 7) is 7.23. The lowest BCUT2D eigenvalue weighted by molar-refractivity contribution is -0.557. The maximum Gasteiger partial charge on any atom is 0.237 e. The molecule has 7 rings (SSSR count). The highest BCUT2D eigenvalue weighted by molar-refractivity contribution is 5.83. The molecular weight excluding hydrogens is 392 g/mol. The number of nitrogens with zero attached hydrogens (tertiary/aromatic N) is 1. The Kier molecular flexibility index (Phi) is 4.50. The zero-order valence-corrected chi connectivity index (χ0v) is 18.6. The molecule has 7 atom stereocenters. The quantitative estimate of drug-likeness (QED) is 0.705. The number of benzene rings is 1. The van der Waals surface area contributed by atoms with Crippen molar-refractivity contribution in [2.75, 3.05) is 6.54 Å². The lowest BCUT2D eigenvalue weighted by Gasteiger charge is -2.58. The van der Waals surface area contributed by atoms with Gasteiger partial charge in [0.15, 0.2) is 11.5 Å². The van der Waals surface area contributed by atoms with Crippen LogP contribution in [-0.2, 0) is 25.7 Å². The van der Waals surface area contributed by atoms with E-state index in [0.717, 1.165) is 31.6 Å². The second-order valence-corrected chi connectivity index (χ2v) is 10.1. The molecule has 1 N–H and O–H groups in total. The van der Waals surface area contributed by atoms with E-state index in [4.69, 9.17) is 24.2 Å². The Morgan fingerprint density at radius 2 is 1.97 bits per heavy atom. The molecule has 1 aliphatic carbocycles. The predicted octanol–water partition coefficient (Wildman–Crippen LogP) is 4.99. The molecule has 5 heterocycles. The summed E-state index contributed by atoms with van der Waals surface area (Å²) in [5.74, 6) is 1.51. The van der Waals surface area contributed by atoms with Crippen LogP contribution in [0.2, 0.25) is 0 Å². The number of aromatic nitrogens is 1. The van der Waals surface area contributed by atoms with Crippen molar-refractivity contribution in [1.29, 1.82) is 0 Å². The van der Waals surface area contributed by atoms with Crippen LogP contribution >= 0.6 is 0 Å². The molecule has 6 heteroatoms. The van der Waals surface area contributed by atoms with Crippen LogP contribution in [0.25, 0.3) is 10.9 Å². The SMILES string of the molecule is CC1CCC2C(C)/C(=N\CCc3c[nH]c4ccccc34)OC3OC4(C)CCC1C32OO4. The van der Waals surface area contributed by atoms with Gasteiger partial charge in [0.2, 0.25) is 12.1 Å².